The Morgan fingerprint density at radius 1 is 1.21 bits per heavy atom. The quantitative estimate of drug-likeness (QED) is 0.731. The van der Waals surface area contributed by atoms with Gasteiger partial charge in [0.15, 0.2) is 0 Å². The predicted molar refractivity (Wildman–Crippen MR) is 94.8 cm³/mol. The molecule has 1 amide bonds. The number of piperidine rings is 1. The third-order valence-corrected chi connectivity index (χ3v) is 5.10. The Morgan fingerprint density at radius 2 is 1.88 bits per heavy atom. The predicted octanol–water partition coefficient (Wildman–Crippen LogP) is 2.16. The summed E-state index contributed by atoms with van der Waals surface area (Å²) in [4.78, 5) is 16.6. The minimum Gasteiger partial charge on any atom is -0.385 e. The fourth-order valence-corrected chi connectivity index (χ4v) is 3.31. The minimum atomic E-state index is 0.0880. The van der Waals surface area contributed by atoms with Gasteiger partial charge in [0.25, 0.3) is 0 Å². The van der Waals surface area contributed by atoms with Crippen LogP contribution in [0.25, 0.3) is 0 Å². The van der Waals surface area contributed by atoms with Gasteiger partial charge in [-0.3, -0.25) is 4.79 Å². The molecule has 0 spiro atoms. The van der Waals surface area contributed by atoms with E-state index in [-0.39, 0.29) is 18.1 Å². The van der Waals surface area contributed by atoms with E-state index in [1.165, 1.54) is 0 Å². The first kappa shape index (κ1) is 18.9. The van der Waals surface area contributed by atoms with Gasteiger partial charge in [-0.2, -0.15) is 0 Å². The molecule has 0 unspecified atom stereocenters. The molecule has 0 saturated carbocycles. The lowest BCUT2D eigenvalue weighted by Crippen LogP contribution is -2.54. The first-order valence-electron chi connectivity index (χ1n) is 8.63. The number of benzene rings is 1. The number of nitrogens with zero attached hydrogens (tertiary/aromatic N) is 2. The number of ether oxygens (including phenoxy) is 2. The van der Waals surface area contributed by atoms with Crippen LogP contribution in [0.2, 0.25) is 0 Å². The largest absolute Gasteiger partial charge is 0.385 e. The molecule has 1 fully saturated rings. The fourth-order valence-electron chi connectivity index (χ4n) is 3.31. The van der Waals surface area contributed by atoms with Crippen molar-refractivity contribution in [3.8, 4) is 0 Å². The maximum Gasteiger partial charge on any atom is 0.248 e. The molecule has 0 bridgehead atoms. The molecule has 1 heterocycles. The molecule has 2 rings (SSSR count). The maximum absolute atomic E-state index is 12.3. The molecule has 1 aromatic carbocycles. The van der Waals surface area contributed by atoms with Gasteiger partial charge in [0.2, 0.25) is 5.91 Å². The Kier molecular flexibility index (Phi) is 7.21. The number of likely N-dealkylation sites (tertiary alicyclic amines) is 1. The van der Waals surface area contributed by atoms with Crippen LogP contribution in [-0.4, -0.2) is 68.8 Å². The summed E-state index contributed by atoms with van der Waals surface area (Å²) >= 11 is 0. The molecule has 0 aliphatic carbocycles. The first-order chi connectivity index (χ1) is 11.6. The average molecular weight is 334 g/mol. The lowest BCUT2D eigenvalue weighted by molar-refractivity contribution is -0.139. The zero-order valence-corrected chi connectivity index (χ0v) is 15.2. The minimum absolute atomic E-state index is 0.0880. The first-order valence-corrected chi connectivity index (χ1v) is 8.63. The lowest BCUT2D eigenvalue weighted by atomic mass is 9.83. The number of hydrogen-bond donors (Lipinski definition) is 0. The van der Waals surface area contributed by atoms with Gasteiger partial charge in [0, 0.05) is 32.3 Å². The van der Waals surface area contributed by atoms with Gasteiger partial charge in [-0.25, -0.2) is 0 Å². The molecule has 1 saturated heterocycles. The smallest absolute Gasteiger partial charge is 0.248 e. The van der Waals surface area contributed by atoms with Crippen molar-refractivity contribution in [3.63, 3.8) is 0 Å². The molecule has 1 aliphatic heterocycles. The van der Waals surface area contributed by atoms with Gasteiger partial charge in [-0.15, -0.1) is 0 Å². The van der Waals surface area contributed by atoms with Crippen molar-refractivity contribution in [3.05, 3.63) is 35.9 Å². The lowest BCUT2D eigenvalue weighted by Gasteiger charge is -2.46. The van der Waals surface area contributed by atoms with Crippen molar-refractivity contribution >= 4 is 5.91 Å². The van der Waals surface area contributed by atoms with Crippen LogP contribution in [0.5, 0.6) is 0 Å². The summed E-state index contributed by atoms with van der Waals surface area (Å²) < 4.78 is 10.8. The normalized spacial score (nSPS) is 17.2. The summed E-state index contributed by atoms with van der Waals surface area (Å²) in [5, 5.41) is 0. The van der Waals surface area contributed by atoms with Crippen molar-refractivity contribution in [2.45, 2.75) is 31.4 Å². The molecule has 134 valence electrons. The third kappa shape index (κ3) is 5.03. The van der Waals surface area contributed by atoms with E-state index in [0.717, 1.165) is 44.5 Å². The second-order valence-electron chi connectivity index (χ2n) is 6.72. The van der Waals surface area contributed by atoms with E-state index >= 15 is 0 Å². The Morgan fingerprint density at radius 3 is 2.46 bits per heavy atom. The van der Waals surface area contributed by atoms with E-state index in [4.69, 9.17) is 9.47 Å². The number of carbonyl (C=O) groups excluding carboxylic acids is 1. The van der Waals surface area contributed by atoms with Gasteiger partial charge in [-0.1, -0.05) is 30.3 Å². The highest BCUT2D eigenvalue weighted by molar-refractivity contribution is 5.77. The number of methoxy groups -OCH3 is 1. The highest BCUT2D eigenvalue weighted by Crippen LogP contribution is 2.30. The second kappa shape index (κ2) is 9.16. The highest BCUT2D eigenvalue weighted by atomic mass is 16.5. The summed E-state index contributed by atoms with van der Waals surface area (Å²) in [5.74, 6) is 0.0880. The Bertz CT molecular complexity index is 497. The monoisotopic (exact) mass is 334 g/mol. The van der Waals surface area contributed by atoms with Crippen LogP contribution >= 0.6 is 0 Å². The molecule has 0 aromatic heterocycles. The Balaban J connectivity index is 1.77. The van der Waals surface area contributed by atoms with Crippen molar-refractivity contribution in [1.82, 2.24) is 9.80 Å². The van der Waals surface area contributed by atoms with Crippen LogP contribution in [0.15, 0.2) is 30.3 Å². The maximum atomic E-state index is 12.3. The van der Waals surface area contributed by atoms with E-state index in [1.54, 1.807) is 7.11 Å². The number of amides is 1. The van der Waals surface area contributed by atoms with Crippen LogP contribution in [0.3, 0.4) is 0 Å². The molecule has 0 atom stereocenters. The average Bonchev–Trinajstić information content (AvgIpc) is 2.61. The van der Waals surface area contributed by atoms with Gasteiger partial charge in [-0.05, 0) is 38.9 Å². The van der Waals surface area contributed by atoms with Gasteiger partial charge in [0.1, 0.15) is 6.61 Å². The van der Waals surface area contributed by atoms with Crippen LogP contribution in [0, 0.1) is 0 Å². The van der Waals surface area contributed by atoms with E-state index < -0.39 is 0 Å². The Labute approximate surface area is 145 Å². The van der Waals surface area contributed by atoms with Crippen molar-refractivity contribution in [2.75, 3.05) is 47.5 Å². The molecule has 0 radical (unpaired) electrons. The highest BCUT2D eigenvalue weighted by Gasteiger charge is 2.37. The van der Waals surface area contributed by atoms with Crippen LogP contribution in [0.4, 0.5) is 0 Å². The zero-order chi connectivity index (χ0) is 17.4. The van der Waals surface area contributed by atoms with Crippen LogP contribution < -0.4 is 0 Å². The summed E-state index contributed by atoms with van der Waals surface area (Å²) in [6.07, 6.45) is 2.96. The number of carbonyl (C=O) groups is 1. The SMILES string of the molecule is COCCC1(N(C)C)CCN(C(=O)COCc2ccccc2)CC1. The summed E-state index contributed by atoms with van der Waals surface area (Å²) in [6, 6.07) is 9.94. The standard InChI is InChI=1S/C19H30N2O3/c1-20(2)19(11-14-23-3)9-12-21(13-10-19)18(22)16-24-15-17-7-5-4-6-8-17/h4-8H,9-16H2,1-3H3. The molecule has 1 aromatic rings. The van der Waals surface area contributed by atoms with E-state index in [9.17, 15) is 4.79 Å². The van der Waals surface area contributed by atoms with Crippen molar-refractivity contribution in [2.24, 2.45) is 0 Å². The van der Waals surface area contributed by atoms with E-state index in [0.29, 0.717) is 6.61 Å². The van der Waals surface area contributed by atoms with Gasteiger partial charge >= 0.3 is 0 Å². The van der Waals surface area contributed by atoms with Gasteiger partial charge < -0.3 is 19.3 Å². The summed E-state index contributed by atoms with van der Waals surface area (Å²) in [7, 11) is 5.98. The molecular formula is C19H30N2O3. The second-order valence-corrected chi connectivity index (χ2v) is 6.72. The van der Waals surface area contributed by atoms with Gasteiger partial charge in [0.05, 0.1) is 6.61 Å². The molecular weight excluding hydrogens is 304 g/mol. The van der Waals surface area contributed by atoms with E-state index in [2.05, 4.69) is 19.0 Å². The topological polar surface area (TPSA) is 42.0 Å². The Hall–Kier alpha value is -1.43. The summed E-state index contributed by atoms with van der Waals surface area (Å²) in [5.41, 5.74) is 1.23. The number of hydrogen-bond acceptors (Lipinski definition) is 4. The molecule has 1 aliphatic rings. The number of rotatable bonds is 8. The van der Waals surface area contributed by atoms with E-state index in [1.807, 2.05) is 35.2 Å². The summed E-state index contributed by atoms with van der Waals surface area (Å²) in [6.45, 7) is 2.97. The molecule has 5 nitrogen and oxygen atoms in total. The molecule has 5 heteroatoms. The fraction of sp³-hybridized carbons (Fsp3) is 0.632. The molecule has 0 N–H and O–H groups in total. The van der Waals surface area contributed by atoms with Crippen LogP contribution in [0.1, 0.15) is 24.8 Å². The zero-order valence-electron chi connectivity index (χ0n) is 15.2. The van der Waals surface area contributed by atoms with Crippen LogP contribution in [-0.2, 0) is 20.9 Å². The van der Waals surface area contributed by atoms with Crippen molar-refractivity contribution in [1.29, 1.82) is 0 Å². The molecule has 24 heavy (non-hydrogen) atoms. The third-order valence-electron chi connectivity index (χ3n) is 5.10. The van der Waals surface area contributed by atoms with Crippen molar-refractivity contribution < 1.29 is 14.3 Å².